The minimum absolute atomic E-state index is 0.219. The summed E-state index contributed by atoms with van der Waals surface area (Å²) in [5.74, 6) is 0.597. The van der Waals surface area contributed by atoms with E-state index in [-0.39, 0.29) is 6.10 Å². The molecular weight excluding hydrogens is 124 g/mol. The second-order valence-electron chi connectivity index (χ2n) is 1.84. The van der Waals surface area contributed by atoms with Crippen molar-refractivity contribution in [3.63, 3.8) is 0 Å². The number of ether oxygens (including phenoxy) is 1. The Balaban J connectivity index is 2.86. The van der Waals surface area contributed by atoms with E-state index in [4.69, 9.17) is 16.3 Å². The Hall–Kier alpha value is 0.250. The van der Waals surface area contributed by atoms with Gasteiger partial charge >= 0.3 is 0 Å². The van der Waals surface area contributed by atoms with Gasteiger partial charge in [0.15, 0.2) is 0 Å². The molecule has 8 heavy (non-hydrogen) atoms. The van der Waals surface area contributed by atoms with Crippen molar-refractivity contribution in [2.24, 2.45) is 0 Å². The van der Waals surface area contributed by atoms with Crippen LogP contribution in [0.1, 0.15) is 20.3 Å². The molecule has 0 N–H and O–H groups in total. The highest BCUT2D eigenvalue weighted by molar-refractivity contribution is 6.18. The maximum Gasteiger partial charge on any atom is 0.0682 e. The summed E-state index contributed by atoms with van der Waals surface area (Å²) in [6.07, 6.45) is 1.29. The predicted octanol–water partition coefficient (Wildman–Crippen LogP) is 2.04. The van der Waals surface area contributed by atoms with Crippen molar-refractivity contribution < 1.29 is 4.74 Å². The number of rotatable bonds is 4. The summed E-state index contributed by atoms with van der Waals surface area (Å²) in [5, 5.41) is 0. The van der Waals surface area contributed by atoms with Gasteiger partial charge in [0.2, 0.25) is 0 Å². The normalized spacial score (nSPS) is 13.9. The third-order valence-electron chi connectivity index (χ3n) is 0.824. The lowest BCUT2D eigenvalue weighted by Gasteiger charge is -2.06. The van der Waals surface area contributed by atoms with Crippen molar-refractivity contribution in [3.05, 3.63) is 0 Å². The van der Waals surface area contributed by atoms with Crippen LogP contribution in [0.2, 0.25) is 0 Å². The van der Waals surface area contributed by atoms with Crippen molar-refractivity contribution in [3.8, 4) is 0 Å². The van der Waals surface area contributed by atoms with Crippen LogP contribution in [0.3, 0.4) is 0 Å². The fraction of sp³-hybridized carbons (Fsp3) is 1.00. The van der Waals surface area contributed by atoms with Gasteiger partial charge in [0.1, 0.15) is 0 Å². The Labute approximate surface area is 56.0 Å². The quantitative estimate of drug-likeness (QED) is 0.538. The van der Waals surface area contributed by atoms with E-state index in [1.165, 1.54) is 0 Å². The molecule has 2 heteroatoms. The van der Waals surface area contributed by atoms with E-state index in [1.54, 1.807) is 0 Å². The molecule has 0 saturated heterocycles. The maximum absolute atomic E-state index is 5.46. The average molecular weight is 137 g/mol. The molecule has 1 nitrogen and oxygen atoms in total. The Morgan fingerprint density at radius 1 is 1.62 bits per heavy atom. The van der Waals surface area contributed by atoms with E-state index >= 15 is 0 Å². The van der Waals surface area contributed by atoms with E-state index in [0.29, 0.717) is 5.88 Å². The second-order valence-corrected chi connectivity index (χ2v) is 2.14. The van der Waals surface area contributed by atoms with Gasteiger partial charge in [-0.25, -0.2) is 0 Å². The standard InChI is InChI=1S/C6H13ClO/c1-3-4-8-6(2)5-7/h6H,3-5H2,1-2H3. The van der Waals surface area contributed by atoms with Crippen LogP contribution < -0.4 is 0 Å². The van der Waals surface area contributed by atoms with Crippen molar-refractivity contribution in [1.82, 2.24) is 0 Å². The Morgan fingerprint density at radius 2 is 2.25 bits per heavy atom. The van der Waals surface area contributed by atoms with E-state index in [9.17, 15) is 0 Å². The zero-order valence-electron chi connectivity index (χ0n) is 5.48. The van der Waals surface area contributed by atoms with E-state index in [2.05, 4.69) is 6.92 Å². The van der Waals surface area contributed by atoms with Crippen LogP contribution in [-0.2, 0) is 4.74 Å². The van der Waals surface area contributed by atoms with E-state index < -0.39 is 0 Å². The number of hydrogen-bond donors (Lipinski definition) is 0. The Bertz CT molecular complexity index is 47.8. The van der Waals surface area contributed by atoms with Crippen LogP contribution in [-0.4, -0.2) is 18.6 Å². The van der Waals surface area contributed by atoms with Crippen molar-refractivity contribution in [2.45, 2.75) is 26.4 Å². The first-order valence-electron chi connectivity index (χ1n) is 2.98. The van der Waals surface area contributed by atoms with Crippen molar-refractivity contribution >= 4 is 11.6 Å². The molecule has 0 saturated carbocycles. The molecule has 0 aromatic rings. The maximum atomic E-state index is 5.46. The molecule has 0 aromatic carbocycles. The summed E-state index contributed by atoms with van der Waals surface area (Å²) in [6, 6.07) is 0. The molecule has 0 aliphatic carbocycles. The molecule has 0 amide bonds. The third-order valence-corrected chi connectivity index (χ3v) is 1.26. The summed E-state index contributed by atoms with van der Waals surface area (Å²) >= 11 is 5.46. The molecule has 0 fully saturated rings. The summed E-state index contributed by atoms with van der Waals surface area (Å²) in [5.41, 5.74) is 0. The lowest BCUT2D eigenvalue weighted by Crippen LogP contribution is -2.09. The number of halogens is 1. The first-order valence-corrected chi connectivity index (χ1v) is 3.52. The first-order chi connectivity index (χ1) is 3.81. The van der Waals surface area contributed by atoms with Crippen LogP contribution in [0.25, 0.3) is 0 Å². The largest absolute Gasteiger partial charge is 0.377 e. The molecule has 0 aromatic heterocycles. The average Bonchev–Trinajstić information content (AvgIpc) is 1.83. The fourth-order valence-corrected chi connectivity index (χ4v) is 0.453. The lowest BCUT2D eigenvalue weighted by atomic mass is 10.4. The van der Waals surface area contributed by atoms with Crippen LogP contribution in [0.15, 0.2) is 0 Å². The molecule has 0 aliphatic rings. The highest BCUT2D eigenvalue weighted by Gasteiger charge is 1.95. The van der Waals surface area contributed by atoms with E-state index in [0.717, 1.165) is 13.0 Å². The SMILES string of the molecule is CCCOC(C)CCl. The Morgan fingerprint density at radius 3 is 2.62 bits per heavy atom. The molecule has 0 rings (SSSR count). The van der Waals surface area contributed by atoms with Crippen LogP contribution >= 0.6 is 11.6 Å². The predicted molar refractivity (Wildman–Crippen MR) is 36.4 cm³/mol. The van der Waals surface area contributed by atoms with Crippen molar-refractivity contribution in [1.29, 1.82) is 0 Å². The van der Waals surface area contributed by atoms with Crippen LogP contribution in [0.5, 0.6) is 0 Å². The zero-order chi connectivity index (χ0) is 6.41. The number of alkyl halides is 1. The van der Waals surface area contributed by atoms with E-state index in [1.807, 2.05) is 6.92 Å². The number of hydrogen-bond acceptors (Lipinski definition) is 1. The van der Waals surface area contributed by atoms with Gasteiger partial charge in [-0.2, -0.15) is 0 Å². The molecule has 50 valence electrons. The van der Waals surface area contributed by atoms with Crippen LogP contribution in [0.4, 0.5) is 0 Å². The highest BCUT2D eigenvalue weighted by atomic mass is 35.5. The molecular formula is C6H13ClO. The molecule has 0 spiro atoms. The topological polar surface area (TPSA) is 9.23 Å². The van der Waals surface area contributed by atoms with Crippen LogP contribution in [0, 0.1) is 0 Å². The third kappa shape index (κ3) is 4.41. The monoisotopic (exact) mass is 136 g/mol. The molecule has 0 aliphatic heterocycles. The summed E-state index contributed by atoms with van der Waals surface area (Å²) in [4.78, 5) is 0. The molecule has 1 atom stereocenters. The minimum Gasteiger partial charge on any atom is -0.377 e. The lowest BCUT2D eigenvalue weighted by molar-refractivity contribution is 0.0816. The van der Waals surface area contributed by atoms with Crippen molar-refractivity contribution in [2.75, 3.05) is 12.5 Å². The minimum atomic E-state index is 0.219. The fourth-order valence-electron chi connectivity index (χ4n) is 0.364. The first kappa shape index (κ1) is 8.25. The molecule has 0 radical (unpaired) electrons. The van der Waals surface area contributed by atoms with Gasteiger partial charge in [-0.1, -0.05) is 6.92 Å². The Kier molecular flexibility index (Phi) is 5.56. The summed E-state index contributed by atoms with van der Waals surface area (Å²) < 4.78 is 5.21. The smallest absolute Gasteiger partial charge is 0.0682 e. The van der Waals surface area contributed by atoms with Gasteiger partial charge in [0, 0.05) is 12.5 Å². The molecule has 0 heterocycles. The second kappa shape index (κ2) is 5.39. The highest BCUT2D eigenvalue weighted by Crippen LogP contribution is 1.93. The van der Waals surface area contributed by atoms with Gasteiger partial charge in [-0.15, -0.1) is 11.6 Å². The summed E-state index contributed by atoms with van der Waals surface area (Å²) in [7, 11) is 0. The van der Waals surface area contributed by atoms with Gasteiger partial charge < -0.3 is 4.74 Å². The van der Waals surface area contributed by atoms with Gasteiger partial charge in [0.25, 0.3) is 0 Å². The van der Waals surface area contributed by atoms with Gasteiger partial charge in [0.05, 0.1) is 6.10 Å². The summed E-state index contributed by atoms with van der Waals surface area (Å²) in [6.45, 7) is 4.89. The van der Waals surface area contributed by atoms with Gasteiger partial charge in [-0.3, -0.25) is 0 Å². The molecule has 0 bridgehead atoms. The van der Waals surface area contributed by atoms with Gasteiger partial charge in [-0.05, 0) is 13.3 Å². The zero-order valence-corrected chi connectivity index (χ0v) is 6.24. The molecule has 1 unspecified atom stereocenters.